The van der Waals surface area contributed by atoms with Gasteiger partial charge in [0.1, 0.15) is 17.9 Å². The molecule has 35 heavy (non-hydrogen) atoms. The molecule has 0 spiro atoms. The lowest BCUT2D eigenvalue weighted by molar-refractivity contribution is 0.124. The first-order chi connectivity index (χ1) is 17.3. The number of nitrogens with one attached hydrogen (secondary N) is 1. The van der Waals surface area contributed by atoms with E-state index >= 15 is 0 Å². The number of fused-ring (bicyclic) bond motifs is 2. The van der Waals surface area contributed by atoms with Crippen LogP contribution in [-0.2, 0) is 11.3 Å². The van der Waals surface area contributed by atoms with E-state index in [1.165, 1.54) is 5.57 Å². The van der Waals surface area contributed by atoms with E-state index in [1.807, 2.05) is 42.5 Å². The molecule has 0 radical (unpaired) electrons. The molecule has 0 fully saturated rings. The van der Waals surface area contributed by atoms with Crippen LogP contribution in [0.15, 0.2) is 89.3 Å². The molecule has 7 rings (SSSR count). The number of hydrogen-bond acceptors (Lipinski definition) is 6. The standard InChI is InChI=1S/C28H23N5O2/c34-27-19-8-2-3-10-22(19)32-25-20(27)16-33(26(25)24-13-17-7-1-4-11-23(17)35-24)28-30-14-18(15-31-28)21-9-5-6-12-29-21/h2-6,8-12,14-15,24,26H,1,7,13,16H2,(H,32,34). The van der Waals surface area contributed by atoms with Gasteiger partial charge in [-0.2, -0.15) is 0 Å². The molecule has 3 aliphatic rings. The van der Waals surface area contributed by atoms with Crippen molar-refractivity contribution >= 4 is 16.9 Å². The maximum atomic E-state index is 13.5. The lowest BCUT2D eigenvalue weighted by Crippen LogP contribution is -2.33. The third kappa shape index (κ3) is 3.26. The highest BCUT2D eigenvalue weighted by Crippen LogP contribution is 2.44. The molecule has 0 saturated carbocycles. The molecular weight excluding hydrogens is 438 g/mol. The first-order valence-corrected chi connectivity index (χ1v) is 12.0. The van der Waals surface area contributed by atoms with Crippen LogP contribution in [0.5, 0.6) is 0 Å². The molecule has 3 aromatic heterocycles. The summed E-state index contributed by atoms with van der Waals surface area (Å²) >= 11 is 0. The first-order valence-electron chi connectivity index (χ1n) is 12.0. The van der Waals surface area contributed by atoms with E-state index in [4.69, 9.17) is 14.7 Å². The van der Waals surface area contributed by atoms with Crippen LogP contribution in [0.3, 0.4) is 0 Å². The number of hydrogen-bond donors (Lipinski definition) is 1. The second-order valence-electron chi connectivity index (χ2n) is 9.22. The van der Waals surface area contributed by atoms with Crippen molar-refractivity contribution in [3.05, 3.63) is 106 Å². The van der Waals surface area contributed by atoms with Crippen LogP contribution in [0.25, 0.3) is 22.2 Å². The number of pyridine rings is 2. The van der Waals surface area contributed by atoms with E-state index in [9.17, 15) is 4.79 Å². The number of aromatic amines is 1. The van der Waals surface area contributed by atoms with Crippen molar-refractivity contribution in [3.63, 3.8) is 0 Å². The Hall–Kier alpha value is -4.26. The zero-order chi connectivity index (χ0) is 23.4. The van der Waals surface area contributed by atoms with Gasteiger partial charge in [0, 0.05) is 47.0 Å². The molecular formula is C28H23N5O2. The number of benzene rings is 1. The Balaban J connectivity index is 1.32. The zero-order valence-corrected chi connectivity index (χ0v) is 19.0. The number of anilines is 1. The molecule has 7 heteroatoms. The minimum absolute atomic E-state index is 0.0579. The largest absolute Gasteiger partial charge is 0.488 e. The quantitative estimate of drug-likeness (QED) is 0.470. The van der Waals surface area contributed by atoms with Gasteiger partial charge in [0.2, 0.25) is 5.95 Å². The third-order valence-electron chi connectivity index (χ3n) is 7.16. The molecule has 0 bridgehead atoms. The SMILES string of the molecule is O=c1c2c([nH]c3ccccc13)C(C1CC3=C(C=CCC3)O1)N(c1ncc(-c3ccccn3)cn1)C2. The summed E-state index contributed by atoms with van der Waals surface area (Å²) in [5.74, 6) is 1.55. The van der Waals surface area contributed by atoms with E-state index in [1.54, 1.807) is 18.6 Å². The van der Waals surface area contributed by atoms with Crippen LogP contribution in [0.2, 0.25) is 0 Å². The third-order valence-corrected chi connectivity index (χ3v) is 7.16. The number of H-pyrrole nitrogens is 1. The van der Waals surface area contributed by atoms with Gasteiger partial charge in [-0.15, -0.1) is 0 Å². The van der Waals surface area contributed by atoms with E-state index in [-0.39, 0.29) is 17.6 Å². The number of aromatic nitrogens is 4. The fraction of sp³-hybridized carbons (Fsp3) is 0.214. The fourth-order valence-corrected chi connectivity index (χ4v) is 5.48. The predicted octanol–water partition coefficient (Wildman–Crippen LogP) is 4.83. The van der Waals surface area contributed by atoms with Gasteiger partial charge in [0.05, 0.1) is 17.9 Å². The van der Waals surface area contributed by atoms with Gasteiger partial charge in [-0.25, -0.2) is 9.97 Å². The Bertz CT molecular complexity index is 1560. The van der Waals surface area contributed by atoms with Gasteiger partial charge >= 0.3 is 0 Å². The zero-order valence-electron chi connectivity index (χ0n) is 19.0. The van der Waals surface area contributed by atoms with Crippen molar-refractivity contribution < 1.29 is 4.74 Å². The molecule has 4 aromatic rings. The number of allylic oxidation sites excluding steroid dienone is 2. The summed E-state index contributed by atoms with van der Waals surface area (Å²) in [6, 6.07) is 13.3. The van der Waals surface area contributed by atoms with Crippen molar-refractivity contribution in [2.24, 2.45) is 0 Å². The summed E-state index contributed by atoms with van der Waals surface area (Å²) in [4.78, 5) is 33.0. The maximum absolute atomic E-state index is 13.5. The second-order valence-corrected chi connectivity index (χ2v) is 9.22. The topological polar surface area (TPSA) is 84.0 Å². The van der Waals surface area contributed by atoms with Gasteiger partial charge in [-0.05, 0) is 48.8 Å². The van der Waals surface area contributed by atoms with Crippen LogP contribution in [0, 0.1) is 0 Å². The van der Waals surface area contributed by atoms with Crippen LogP contribution in [0.4, 0.5) is 5.95 Å². The Labute approximate surface area is 201 Å². The molecule has 172 valence electrons. The number of rotatable bonds is 3. The number of ether oxygens (including phenoxy) is 1. The smallest absolute Gasteiger partial charge is 0.226 e. The molecule has 2 aliphatic heterocycles. The summed E-state index contributed by atoms with van der Waals surface area (Å²) in [5, 5.41) is 0.700. The maximum Gasteiger partial charge on any atom is 0.226 e. The minimum atomic E-state index is -0.193. The number of nitrogens with zero attached hydrogens (tertiary/aromatic N) is 4. The molecule has 1 aliphatic carbocycles. The molecule has 7 nitrogen and oxygen atoms in total. The predicted molar refractivity (Wildman–Crippen MR) is 134 cm³/mol. The summed E-state index contributed by atoms with van der Waals surface area (Å²) in [6.07, 6.45) is 12.4. The Morgan fingerprint density at radius 3 is 2.71 bits per heavy atom. The monoisotopic (exact) mass is 461 g/mol. The minimum Gasteiger partial charge on any atom is -0.488 e. The van der Waals surface area contributed by atoms with E-state index < -0.39 is 0 Å². The van der Waals surface area contributed by atoms with E-state index in [0.717, 1.165) is 53.1 Å². The van der Waals surface area contributed by atoms with Crippen LogP contribution in [0.1, 0.15) is 36.6 Å². The molecule has 2 unspecified atom stereocenters. The van der Waals surface area contributed by atoms with Gasteiger partial charge in [-0.1, -0.05) is 24.3 Å². The lowest BCUT2D eigenvalue weighted by Gasteiger charge is -2.29. The van der Waals surface area contributed by atoms with Crippen LogP contribution in [-0.4, -0.2) is 26.0 Å². The van der Waals surface area contributed by atoms with Crippen LogP contribution >= 0.6 is 0 Å². The van der Waals surface area contributed by atoms with Crippen molar-refractivity contribution in [2.75, 3.05) is 4.90 Å². The second kappa shape index (κ2) is 7.91. The van der Waals surface area contributed by atoms with Crippen molar-refractivity contribution in [1.29, 1.82) is 0 Å². The Morgan fingerprint density at radius 2 is 1.89 bits per heavy atom. The van der Waals surface area contributed by atoms with Gasteiger partial charge in [-0.3, -0.25) is 9.78 Å². The van der Waals surface area contributed by atoms with Gasteiger partial charge < -0.3 is 14.6 Å². The summed E-state index contributed by atoms with van der Waals surface area (Å²) in [6.45, 7) is 0.434. The molecule has 5 heterocycles. The summed E-state index contributed by atoms with van der Waals surface area (Å²) in [7, 11) is 0. The van der Waals surface area contributed by atoms with Gasteiger partial charge in [0.15, 0.2) is 5.43 Å². The van der Waals surface area contributed by atoms with Crippen LogP contribution < -0.4 is 10.3 Å². The highest BCUT2D eigenvalue weighted by Gasteiger charge is 2.44. The first kappa shape index (κ1) is 20.1. The average Bonchev–Trinajstić information content (AvgIpc) is 3.51. The summed E-state index contributed by atoms with van der Waals surface area (Å²) in [5.41, 5.74) is 5.58. The van der Waals surface area contributed by atoms with Crippen molar-refractivity contribution in [3.8, 4) is 11.3 Å². The highest BCUT2D eigenvalue weighted by atomic mass is 16.5. The van der Waals surface area contributed by atoms with Gasteiger partial charge in [0.25, 0.3) is 0 Å². The Morgan fingerprint density at radius 1 is 1.03 bits per heavy atom. The molecule has 1 N–H and O–H groups in total. The molecule has 1 aromatic carbocycles. The average molecular weight is 462 g/mol. The van der Waals surface area contributed by atoms with Crippen molar-refractivity contribution in [2.45, 2.75) is 38.0 Å². The Kier molecular flexibility index (Phi) is 4.55. The normalized spacial score (nSPS) is 20.7. The fourth-order valence-electron chi connectivity index (χ4n) is 5.48. The molecule has 0 amide bonds. The van der Waals surface area contributed by atoms with Crippen molar-refractivity contribution in [1.82, 2.24) is 19.9 Å². The molecule has 0 saturated heterocycles. The van der Waals surface area contributed by atoms with E-state index in [0.29, 0.717) is 17.9 Å². The lowest BCUT2D eigenvalue weighted by atomic mass is 9.96. The number of para-hydroxylation sites is 1. The highest BCUT2D eigenvalue weighted by molar-refractivity contribution is 5.80. The van der Waals surface area contributed by atoms with E-state index in [2.05, 4.69) is 27.0 Å². The summed E-state index contributed by atoms with van der Waals surface area (Å²) < 4.78 is 6.47. The molecule has 2 atom stereocenters.